The van der Waals surface area contributed by atoms with E-state index in [1.807, 2.05) is 0 Å². The first kappa shape index (κ1) is 20.3. The van der Waals surface area contributed by atoms with E-state index in [-0.39, 0.29) is 12.5 Å². The first-order chi connectivity index (χ1) is 16.1. The number of rotatable bonds is 3. The Balaban J connectivity index is 1.45. The van der Waals surface area contributed by atoms with E-state index in [0.717, 1.165) is 11.2 Å². The average molecular weight is 431 g/mol. The predicted molar refractivity (Wildman–Crippen MR) is 137 cm³/mol. The zero-order chi connectivity index (χ0) is 22.4. The minimum Gasteiger partial charge on any atom is -0.407 e. The van der Waals surface area contributed by atoms with Gasteiger partial charge in [0.25, 0.3) is 0 Å². The maximum atomic E-state index is 5.99. The molecule has 4 heteroatoms. The second kappa shape index (κ2) is 7.91. The van der Waals surface area contributed by atoms with Crippen molar-refractivity contribution in [1.29, 1.82) is 0 Å². The minimum atomic E-state index is -0.296. The molecule has 6 rings (SSSR count). The SMILES string of the molecule is CC1(C)COB(c2ccc(-n3c4ccccc4c4ccc(-c5ccccc5)cc43)cc2)OC1. The van der Waals surface area contributed by atoms with Crippen LogP contribution in [0.3, 0.4) is 0 Å². The van der Waals surface area contributed by atoms with Crippen LogP contribution in [0.4, 0.5) is 0 Å². The van der Waals surface area contributed by atoms with Crippen LogP contribution in [-0.2, 0) is 9.31 Å². The Morgan fingerprint density at radius 1 is 0.667 bits per heavy atom. The largest absolute Gasteiger partial charge is 0.493 e. The fraction of sp³-hybridized carbons (Fsp3) is 0.172. The molecule has 0 amide bonds. The molecular weight excluding hydrogens is 405 g/mol. The minimum absolute atomic E-state index is 0.0654. The fourth-order valence-corrected chi connectivity index (χ4v) is 4.72. The number of hydrogen-bond acceptors (Lipinski definition) is 2. The van der Waals surface area contributed by atoms with E-state index in [1.165, 1.54) is 32.9 Å². The number of para-hydroxylation sites is 1. The summed E-state index contributed by atoms with van der Waals surface area (Å²) in [6, 6.07) is 34.5. The molecule has 1 saturated heterocycles. The number of benzene rings is 4. The summed E-state index contributed by atoms with van der Waals surface area (Å²) in [5, 5.41) is 2.52. The molecule has 0 saturated carbocycles. The van der Waals surface area contributed by atoms with Crippen molar-refractivity contribution in [3.8, 4) is 16.8 Å². The fourth-order valence-electron chi connectivity index (χ4n) is 4.72. The Kier molecular flexibility index (Phi) is 4.86. The lowest BCUT2D eigenvalue weighted by molar-refractivity contribution is 0.0343. The molecule has 0 aliphatic carbocycles. The maximum absolute atomic E-state index is 5.99. The summed E-state index contributed by atoms with van der Waals surface area (Å²) in [4.78, 5) is 0. The van der Waals surface area contributed by atoms with Crippen LogP contribution in [0.2, 0.25) is 0 Å². The standard InChI is InChI=1S/C29H26BNO2/c1-29(2)19-32-30(33-20-29)23-13-15-24(16-14-23)31-27-11-7-6-10-25(27)26-17-12-22(18-28(26)31)21-8-4-3-5-9-21/h3-18H,19-20H2,1-2H3. The second-order valence-corrected chi connectivity index (χ2v) is 9.66. The van der Waals surface area contributed by atoms with E-state index in [2.05, 4.69) is 115 Å². The normalized spacial score (nSPS) is 15.9. The lowest BCUT2D eigenvalue weighted by Crippen LogP contribution is -2.47. The van der Waals surface area contributed by atoms with Crippen molar-refractivity contribution in [2.75, 3.05) is 13.2 Å². The first-order valence-corrected chi connectivity index (χ1v) is 11.5. The molecule has 1 aliphatic rings. The molecule has 5 aromatic rings. The number of fused-ring (bicyclic) bond motifs is 3. The highest BCUT2D eigenvalue weighted by Crippen LogP contribution is 2.34. The van der Waals surface area contributed by atoms with E-state index in [1.54, 1.807) is 0 Å². The van der Waals surface area contributed by atoms with E-state index in [9.17, 15) is 0 Å². The summed E-state index contributed by atoms with van der Waals surface area (Å²) in [7, 11) is -0.296. The zero-order valence-electron chi connectivity index (χ0n) is 19.0. The number of aromatic nitrogens is 1. The summed E-state index contributed by atoms with van der Waals surface area (Å²) >= 11 is 0. The Morgan fingerprint density at radius 3 is 2.09 bits per heavy atom. The Bertz CT molecular complexity index is 1430. The number of nitrogens with zero attached hydrogens (tertiary/aromatic N) is 1. The smallest absolute Gasteiger partial charge is 0.407 e. The predicted octanol–water partition coefficient (Wildman–Crippen LogP) is 6.22. The van der Waals surface area contributed by atoms with Gasteiger partial charge in [-0.05, 0) is 40.9 Å². The van der Waals surface area contributed by atoms with Crippen LogP contribution in [0, 0.1) is 5.41 Å². The van der Waals surface area contributed by atoms with Crippen LogP contribution in [0.25, 0.3) is 38.6 Å². The van der Waals surface area contributed by atoms with Crippen molar-refractivity contribution in [2.45, 2.75) is 13.8 Å². The molecule has 33 heavy (non-hydrogen) atoms. The monoisotopic (exact) mass is 431 g/mol. The molecule has 2 heterocycles. The van der Waals surface area contributed by atoms with Gasteiger partial charge >= 0.3 is 7.12 Å². The first-order valence-electron chi connectivity index (χ1n) is 11.5. The van der Waals surface area contributed by atoms with Gasteiger partial charge in [0.05, 0.1) is 11.0 Å². The second-order valence-electron chi connectivity index (χ2n) is 9.66. The lowest BCUT2D eigenvalue weighted by atomic mass is 9.76. The molecule has 0 bridgehead atoms. The summed E-state index contributed by atoms with van der Waals surface area (Å²) in [6.45, 7) is 5.74. The third-order valence-corrected chi connectivity index (χ3v) is 6.46. The molecule has 3 nitrogen and oxygen atoms in total. The third-order valence-electron chi connectivity index (χ3n) is 6.46. The van der Waals surface area contributed by atoms with Crippen LogP contribution in [0.1, 0.15) is 13.8 Å². The van der Waals surface area contributed by atoms with Crippen molar-refractivity contribution in [3.63, 3.8) is 0 Å². The molecule has 1 fully saturated rings. The van der Waals surface area contributed by atoms with E-state index in [4.69, 9.17) is 9.31 Å². The van der Waals surface area contributed by atoms with E-state index >= 15 is 0 Å². The topological polar surface area (TPSA) is 23.4 Å². The Hall–Kier alpha value is -3.34. The summed E-state index contributed by atoms with van der Waals surface area (Å²) in [5.74, 6) is 0. The van der Waals surface area contributed by atoms with Crippen molar-refractivity contribution < 1.29 is 9.31 Å². The van der Waals surface area contributed by atoms with Crippen molar-refractivity contribution >= 4 is 34.4 Å². The zero-order valence-corrected chi connectivity index (χ0v) is 19.0. The molecule has 1 aromatic heterocycles. The van der Waals surface area contributed by atoms with Crippen LogP contribution in [0.15, 0.2) is 97.1 Å². The van der Waals surface area contributed by atoms with Gasteiger partial charge in [-0.1, -0.05) is 86.6 Å². The van der Waals surface area contributed by atoms with Gasteiger partial charge in [-0.15, -0.1) is 0 Å². The molecule has 4 aromatic carbocycles. The van der Waals surface area contributed by atoms with Crippen molar-refractivity contribution in [1.82, 2.24) is 4.57 Å². The quantitative estimate of drug-likeness (QED) is 0.317. The molecule has 1 aliphatic heterocycles. The molecule has 0 radical (unpaired) electrons. The van der Waals surface area contributed by atoms with Gasteiger partial charge in [0.15, 0.2) is 0 Å². The van der Waals surface area contributed by atoms with Crippen molar-refractivity contribution in [3.05, 3.63) is 97.1 Å². The van der Waals surface area contributed by atoms with Crippen LogP contribution in [-0.4, -0.2) is 24.9 Å². The molecule has 0 spiro atoms. The van der Waals surface area contributed by atoms with Gasteiger partial charge in [-0.3, -0.25) is 0 Å². The maximum Gasteiger partial charge on any atom is 0.493 e. The molecule has 0 unspecified atom stereocenters. The van der Waals surface area contributed by atoms with Gasteiger partial charge in [0, 0.05) is 35.1 Å². The van der Waals surface area contributed by atoms with Crippen molar-refractivity contribution in [2.24, 2.45) is 5.41 Å². The van der Waals surface area contributed by atoms with Crippen LogP contribution in [0.5, 0.6) is 0 Å². The summed E-state index contributed by atoms with van der Waals surface area (Å²) < 4.78 is 14.3. The molecule has 0 atom stereocenters. The Labute approximate surface area is 194 Å². The summed E-state index contributed by atoms with van der Waals surface area (Å²) in [5.41, 5.74) is 7.10. The number of hydrogen-bond donors (Lipinski definition) is 0. The molecular formula is C29H26BNO2. The highest BCUT2D eigenvalue weighted by molar-refractivity contribution is 6.61. The molecule has 0 N–H and O–H groups in total. The van der Waals surface area contributed by atoms with E-state index in [0.29, 0.717) is 13.2 Å². The highest BCUT2D eigenvalue weighted by atomic mass is 16.6. The lowest BCUT2D eigenvalue weighted by Gasteiger charge is -2.33. The van der Waals surface area contributed by atoms with Gasteiger partial charge in [-0.2, -0.15) is 0 Å². The van der Waals surface area contributed by atoms with Gasteiger partial charge in [0.2, 0.25) is 0 Å². The molecule has 162 valence electrons. The van der Waals surface area contributed by atoms with Gasteiger partial charge < -0.3 is 13.9 Å². The van der Waals surface area contributed by atoms with Crippen LogP contribution < -0.4 is 5.46 Å². The third kappa shape index (κ3) is 3.66. The Morgan fingerprint density at radius 2 is 1.33 bits per heavy atom. The van der Waals surface area contributed by atoms with Crippen LogP contribution >= 0.6 is 0 Å². The average Bonchev–Trinajstić information content (AvgIpc) is 3.18. The summed E-state index contributed by atoms with van der Waals surface area (Å²) in [6.07, 6.45) is 0. The van der Waals surface area contributed by atoms with Gasteiger partial charge in [0.1, 0.15) is 0 Å². The van der Waals surface area contributed by atoms with Gasteiger partial charge in [-0.25, -0.2) is 0 Å². The highest BCUT2D eigenvalue weighted by Gasteiger charge is 2.33. The van der Waals surface area contributed by atoms with E-state index < -0.39 is 0 Å².